The lowest BCUT2D eigenvalue weighted by atomic mass is 10.1. The Morgan fingerprint density at radius 1 is 0.960 bits per heavy atom. The van der Waals surface area contributed by atoms with Crippen LogP contribution in [0.3, 0.4) is 0 Å². The standard InChI is InChI=1S/C15H10O6.C2H4O2/c16-8-3-1-7(2-4-8)15-14(20)13(19)12-10(18)5-9(17)6-11(12)21-15;1-2(3)4/h1-6,16-18,20H;1H3,(H,3,4). The number of hydrogen-bond acceptors (Lipinski definition) is 7. The molecule has 0 atom stereocenters. The fraction of sp³-hybridized carbons (Fsp3) is 0.0588. The largest absolute Gasteiger partial charge is 0.508 e. The first-order valence-electron chi connectivity index (χ1n) is 6.91. The van der Waals surface area contributed by atoms with E-state index in [1.807, 2.05) is 0 Å². The summed E-state index contributed by atoms with van der Waals surface area (Å²) in [5.41, 5.74) is -0.498. The zero-order chi connectivity index (χ0) is 18.7. The number of aromatic hydroxyl groups is 4. The van der Waals surface area contributed by atoms with Crippen molar-refractivity contribution >= 4 is 16.9 Å². The molecule has 0 saturated carbocycles. The smallest absolute Gasteiger partial charge is 0.300 e. The van der Waals surface area contributed by atoms with E-state index in [0.717, 1.165) is 13.0 Å². The molecule has 0 aliphatic rings. The summed E-state index contributed by atoms with van der Waals surface area (Å²) in [6, 6.07) is 7.82. The minimum Gasteiger partial charge on any atom is -0.508 e. The number of rotatable bonds is 1. The molecule has 2 aromatic carbocycles. The number of carboxylic acids is 1. The zero-order valence-corrected chi connectivity index (χ0v) is 12.9. The van der Waals surface area contributed by atoms with Gasteiger partial charge in [0.05, 0.1) is 0 Å². The summed E-state index contributed by atoms with van der Waals surface area (Å²) in [4.78, 5) is 21.1. The number of fused-ring (bicyclic) bond motifs is 1. The summed E-state index contributed by atoms with van der Waals surface area (Å²) in [6.45, 7) is 1.08. The molecule has 0 unspecified atom stereocenters. The number of benzene rings is 2. The molecule has 3 rings (SSSR count). The van der Waals surface area contributed by atoms with Crippen LogP contribution in [0.1, 0.15) is 6.92 Å². The first kappa shape index (κ1) is 17.7. The number of aliphatic carboxylic acids is 1. The summed E-state index contributed by atoms with van der Waals surface area (Å²) in [6.07, 6.45) is 0. The van der Waals surface area contributed by atoms with Crippen LogP contribution in [-0.2, 0) is 4.79 Å². The highest BCUT2D eigenvalue weighted by Crippen LogP contribution is 2.35. The van der Waals surface area contributed by atoms with Crippen LogP contribution >= 0.6 is 0 Å². The molecule has 0 amide bonds. The van der Waals surface area contributed by atoms with Gasteiger partial charge in [-0.3, -0.25) is 9.59 Å². The number of carbonyl (C=O) groups is 1. The predicted molar refractivity (Wildman–Crippen MR) is 87.9 cm³/mol. The lowest BCUT2D eigenvalue weighted by molar-refractivity contribution is -0.134. The Morgan fingerprint density at radius 3 is 2.08 bits per heavy atom. The Balaban J connectivity index is 0.000000511. The molecule has 0 bridgehead atoms. The highest BCUT2D eigenvalue weighted by atomic mass is 16.4. The molecular formula is C17H14O8. The van der Waals surface area contributed by atoms with E-state index >= 15 is 0 Å². The van der Waals surface area contributed by atoms with Gasteiger partial charge in [0, 0.05) is 24.6 Å². The van der Waals surface area contributed by atoms with Crippen LogP contribution in [0.25, 0.3) is 22.3 Å². The first-order chi connectivity index (χ1) is 11.7. The molecule has 1 heterocycles. The van der Waals surface area contributed by atoms with Crippen LogP contribution < -0.4 is 5.43 Å². The van der Waals surface area contributed by atoms with Crippen LogP contribution in [-0.4, -0.2) is 31.5 Å². The van der Waals surface area contributed by atoms with Crippen molar-refractivity contribution < 1.29 is 34.7 Å². The molecule has 3 aromatic rings. The maximum absolute atomic E-state index is 12.1. The van der Waals surface area contributed by atoms with Gasteiger partial charge in [-0.05, 0) is 24.3 Å². The van der Waals surface area contributed by atoms with Crippen molar-refractivity contribution in [2.24, 2.45) is 0 Å². The van der Waals surface area contributed by atoms with Crippen LogP contribution in [0.5, 0.6) is 23.0 Å². The maximum atomic E-state index is 12.1. The average Bonchev–Trinajstić information content (AvgIpc) is 2.50. The van der Waals surface area contributed by atoms with Gasteiger partial charge < -0.3 is 29.9 Å². The van der Waals surface area contributed by atoms with Gasteiger partial charge in [0.1, 0.15) is 28.2 Å². The predicted octanol–water partition coefficient (Wildman–Crippen LogP) is 2.37. The molecule has 25 heavy (non-hydrogen) atoms. The average molecular weight is 346 g/mol. The molecular weight excluding hydrogens is 332 g/mol. The molecule has 1 aromatic heterocycles. The van der Waals surface area contributed by atoms with Gasteiger partial charge in [-0.25, -0.2) is 0 Å². The quantitative estimate of drug-likeness (QED) is 0.451. The van der Waals surface area contributed by atoms with Crippen LogP contribution in [0.2, 0.25) is 0 Å². The summed E-state index contributed by atoms with van der Waals surface area (Å²) in [5, 5.41) is 45.6. The lowest BCUT2D eigenvalue weighted by Gasteiger charge is -2.07. The van der Waals surface area contributed by atoms with Gasteiger partial charge in [-0.1, -0.05) is 0 Å². The van der Waals surface area contributed by atoms with Crippen molar-refractivity contribution in [2.75, 3.05) is 0 Å². The Bertz CT molecular complexity index is 982. The summed E-state index contributed by atoms with van der Waals surface area (Å²) < 4.78 is 5.41. The molecule has 0 fully saturated rings. The molecule has 0 radical (unpaired) electrons. The van der Waals surface area contributed by atoms with Crippen LogP contribution in [0.15, 0.2) is 45.6 Å². The van der Waals surface area contributed by atoms with E-state index in [1.54, 1.807) is 0 Å². The molecule has 8 nitrogen and oxygen atoms in total. The zero-order valence-electron chi connectivity index (χ0n) is 12.9. The Hall–Kier alpha value is -3.68. The molecule has 8 heteroatoms. The van der Waals surface area contributed by atoms with Crippen LogP contribution in [0.4, 0.5) is 0 Å². The van der Waals surface area contributed by atoms with E-state index in [-0.39, 0.29) is 28.2 Å². The highest BCUT2D eigenvalue weighted by Gasteiger charge is 2.18. The van der Waals surface area contributed by atoms with E-state index in [9.17, 15) is 25.2 Å². The normalized spacial score (nSPS) is 10.1. The van der Waals surface area contributed by atoms with Crippen molar-refractivity contribution in [1.29, 1.82) is 0 Å². The SMILES string of the molecule is CC(=O)O.O=c1c(O)c(-c2ccc(O)cc2)oc2cc(O)cc(O)c12. The lowest BCUT2D eigenvalue weighted by Crippen LogP contribution is -2.02. The summed E-state index contributed by atoms with van der Waals surface area (Å²) in [7, 11) is 0. The van der Waals surface area contributed by atoms with E-state index in [4.69, 9.17) is 14.3 Å². The molecule has 0 spiro atoms. The Labute approximate surface area is 140 Å². The van der Waals surface area contributed by atoms with E-state index < -0.39 is 22.9 Å². The fourth-order valence-electron chi connectivity index (χ4n) is 2.08. The Morgan fingerprint density at radius 2 is 1.52 bits per heavy atom. The van der Waals surface area contributed by atoms with Crippen molar-refractivity contribution in [1.82, 2.24) is 0 Å². The van der Waals surface area contributed by atoms with Crippen molar-refractivity contribution in [3.05, 3.63) is 46.6 Å². The molecule has 0 aliphatic heterocycles. The van der Waals surface area contributed by atoms with Gasteiger partial charge in [-0.2, -0.15) is 0 Å². The summed E-state index contributed by atoms with van der Waals surface area (Å²) >= 11 is 0. The van der Waals surface area contributed by atoms with E-state index in [1.165, 1.54) is 30.3 Å². The second-order valence-electron chi connectivity index (χ2n) is 5.01. The van der Waals surface area contributed by atoms with E-state index in [2.05, 4.69) is 0 Å². The second kappa shape index (κ2) is 6.83. The van der Waals surface area contributed by atoms with Gasteiger partial charge in [-0.15, -0.1) is 0 Å². The third-order valence-electron chi connectivity index (χ3n) is 3.06. The second-order valence-corrected chi connectivity index (χ2v) is 5.01. The summed E-state index contributed by atoms with van der Waals surface area (Å²) in [5.74, 6) is -2.33. The van der Waals surface area contributed by atoms with Gasteiger partial charge >= 0.3 is 0 Å². The monoisotopic (exact) mass is 346 g/mol. The third kappa shape index (κ3) is 3.81. The van der Waals surface area contributed by atoms with Gasteiger partial charge in [0.2, 0.25) is 11.2 Å². The molecule has 0 aliphatic carbocycles. The van der Waals surface area contributed by atoms with Crippen molar-refractivity contribution in [3.63, 3.8) is 0 Å². The number of hydrogen-bond donors (Lipinski definition) is 5. The van der Waals surface area contributed by atoms with Gasteiger partial charge in [0.15, 0.2) is 5.76 Å². The molecule has 5 N–H and O–H groups in total. The maximum Gasteiger partial charge on any atom is 0.300 e. The third-order valence-corrected chi connectivity index (χ3v) is 3.06. The van der Waals surface area contributed by atoms with Crippen molar-refractivity contribution in [3.8, 4) is 34.3 Å². The van der Waals surface area contributed by atoms with Gasteiger partial charge in [0.25, 0.3) is 5.97 Å². The molecule has 0 saturated heterocycles. The topological polar surface area (TPSA) is 148 Å². The number of phenols is 3. The minimum absolute atomic E-state index is 0.0247. The van der Waals surface area contributed by atoms with E-state index in [0.29, 0.717) is 5.56 Å². The van der Waals surface area contributed by atoms with Crippen LogP contribution in [0, 0.1) is 0 Å². The highest BCUT2D eigenvalue weighted by molar-refractivity contribution is 5.88. The molecule has 130 valence electrons. The van der Waals surface area contributed by atoms with Crippen molar-refractivity contribution in [2.45, 2.75) is 6.92 Å². The fourth-order valence-corrected chi connectivity index (χ4v) is 2.08. The Kier molecular flexibility index (Phi) is 4.83. The first-order valence-corrected chi connectivity index (χ1v) is 6.91. The number of phenolic OH excluding ortho intramolecular Hbond substituents is 3. The number of carboxylic acid groups (broad SMARTS) is 1. The minimum atomic E-state index is -0.833.